The lowest BCUT2D eigenvalue weighted by Gasteiger charge is -2.09. The van der Waals surface area contributed by atoms with E-state index in [9.17, 15) is 19.7 Å². The Morgan fingerprint density at radius 1 is 1.13 bits per heavy atom. The standard InChI is InChI=1S/C22H17NO8/c1-29-21-12-14(6-10-20(21)30-13-22(25)26)18(24)9-7-15-8-11-19(31-15)16-4-2-3-5-17(16)23(27)28/h2-12H,13H2,1H3,(H,25,26)/b9-7+. The minimum Gasteiger partial charge on any atom is -0.493 e. The smallest absolute Gasteiger partial charge is 0.341 e. The van der Waals surface area contributed by atoms with Crippen molar-refractivity contribution in [3.8, 4) is 22.8 Å². The van der Waals surface area contributed by atoms with Gasteiger partial charge in [-0.05, 0) is 48.6 Å². The van der Waals surface area contributed by atoms with E-state index in [1.54, 1.807) is 30.3 Å². The van der Waals surface area contributed by atoms with Crippen LogP contribution in [0.2, 0.25) is 0 Å². The highest BCUT2D eigenvalue weighted by Crippen LogP contribution is 2.31. The Balaban J connectivity index is 1.77. The maximum atomic E-state index is 12.5. The summed E-state index contributed by atoms with van der Waals surface area (Å²) in [6.45, 7) is -0.538. The Morgan fingerprint density at radius 3 is 2.61 bits per heavy atom. The first kappa shape index (κ1) is 21.3. The van der Waals surface area contributed by atoms with Crippen molar-refractivity contribution in [3.05, 3.63) is 82.1 Å². The first-order chi connectivity index (χ1) is 14.9. The zero-order valence-corrected chi connectivity index (χ0v) is 16.3. The number of allylic oxidation sites excluding steroid dienone is 1. The number of carboxylic acids is 1. The van der Waals surface area contributed by atoms with Gasteiger partial charge in [0.1, 0.15) is 11.5 Å². The van der Waals surface area contributed by atoms with Crippen LogP contribution in [0.1, 0.15) is 16.1 Å². The number of methoxy groups -OCH3 is 1. The maximum absolute atomic E-state index is 12.5. The Morgan fingerprint density at radius 2 is 1.90 bits per heavy atom. The van der Waals surface area contributed by atoms with Crippen molar-refractivity contribution in [1.29, 1.82) is 0 Å². The lowest BCUT2D eigenvalue weighted by atomic mass is 10.1. The molecule has 3 rings (SSSR count). The van der Waals surface area contributed by atoms with Crippen molar-refractivity contribution in [1.82, 2.24) is 0 Å². The average molecular weight is 423 g/mol. The highest BCUT2D eigenvalue weighted by atomic mass is 16.6. The van der Waals surface area contributed by atoms with E-state index < -0.39 is 17.5 Å². The fourth-order valence-electron chi connectivity index (χ4n) is 2.76. The monoisotopic (exact) mass is 423 g/mol. The number of nitro benzene ring substituents is 1. The summed E-state index contributed by atoms with van der Waals surface area (Å²) in [5, 5.41) is 19.9. The van der Waals surface area contributed by atoms with Crippen molar-refractivity contribution >= 4 is 23.5 Å². The lowest BCUT2D eigenvalue weighted by Crippen LogP contribution is -2.10. The molecule has 1 N–H and O–H groups in total. The summed E-state index contributed by atoms with van der Waals surface area (Å²) in [7, 11) is 1.38. The highest BCUT2D eigenvalue weighted by Gasteiger charge is 2.17. The van der Waals surface area contributed by atoms with Crippen LogP contribution in [0.15, 0.2) is 65.1 Å². The first-order valence-corrected chi connectivity index (χ1v) is 8.97. The van der Waals surface area contributed by atoms with Crippen LogP contribution < -0.4 is 9.47 Å². The van der Waals surface area contributed by atoms with Gasteiger partial charge in [-0.25, -0.2) is 4.79 Å². The number of hydrogen-bond acceptors (Lipinski definition) is 7. The summed E-state index contributed by atoms with van der Waals surface area (Å²) >= 11 is 0. The molecule has 2 aromatic carbocycles. The predicted octanol–water partition coefficient (Wildman–Crippen LogP) is 4.22. The van der Waals surface area contributed by atoms with Gasteiger partial charge >= 0.3 is 5.97 Å². The third-order valence-electron chi connectivity index (χ3n) is 4.19. The second kappa shape index (κ2) is 9.40. The van der Waals surface area contributed by atoms with Crippen LogP contribution in [0, 0.1) is 10.1 Å². The molecular weight excluding hydrogens is 406 g/mol. The van der Waals surface area contributed by atoms with Crippen LogP contribution in [-0.4, -0.2) is 35.5 Å². The van der Waals surface area contributed by atoms with Gasteiger partial charge in [-0.3, -0.25) is 14.9 Å². The molecule has 1 aromatic heterocycles. The Bertz CT molecular complexity index is 1160. The summed E-state index contributed by atoms with van der Waals surface area (Å²) in [6.07, 6.45) is 2.73. The van der Waals surface area contributed by atoms with E-state index in [2.05, 4.69) is 0 Å². The molecule has 0 saturated heterocycles. The van der Waals surface area contributed by atoms with Crippen molar-refractivity contribution in [2.24, 2.45) is 0 Å². The quantitative estimate of drug-likeness (QED) is 0.234. The van der Waals surface area contributed by atoms with Gasteiger partial charge in [-0.15, -0.1) is 0 Å². The molecule has 0 aliphatic heterocycles. The molecule has 9 heteroatoms. The van der Waals surface area contributed by atoms with Crippen LogP contribution in [0.25, 0.3) is 17.4 Å². The second-order valence-electron chi connectivity index (χ2n) is 6.22. The number of benzene rings is 2. The molecule has 0 unspecified atom stereocenters. The largest absolute Gasteiger partial charge is 0.493 e. The van der Waals surface area contributed by atoms with E-state index in [-0.39, 0.29) is 23.0 Å². The van der Waals surface area contributed by atoms with Gasteiger partial charge in [0.15, 0.2) is 23.9 Å². The third kappa shape index (κ3) is 5.15. The first-order valence-electron chi connectivity index (χ1n) is 8.97. The Labute approximate surface area is 176 Å². The zero-order chi connectivity index (χ0) is 22.4. The van der Waals surface area contributed by atoms with Crippen LogP contribution in [0.3, 0.4) is 0 Å². The normalized spacial score (nSPS) is 10.7. The van der Waals surface area contributed by atoms with E-state index in [4.69, 9.17) is 19.0 Å². The molecule has 0 aliphatic rings. The molecule has 158 valence electrons. The molecule has 0 saturated carbocycles. The van der Waals surface area contributed by atoms with Crippen LogP contribution in [0.5, 0.6) is 11.5 Å². The lowest BCUT2D eigenvalue weighted by molar-refractivity contribution is -0.384. The summed E-state index contributed by atoms with van der Waals surface area (Å²) in [5.41, 5.74) is 0.544. The van der Waals surface area contributed by atoms with Gasteiger partial charge in [-0.2, -0.15) is 0 Å². The molecule has 0 bridgehead atoms. The van der Waals surface area contributed by atoms with Crippen molar-refractivity contribution < 1.29 is 33.5 Å². The van der Waals surface area contributed by atoms with E-state index >= 15 is 0 Å². The molecule has 0 fully saturated rings. The molecule has 0 spiro atoms. The molecule has 0 atom stereocenters. The fourth-order valence-corrected chi connectivity index (χ4v) is 2.76. The number of para-hydroxylation sites is 1. The topological polar surface area (TPSA) is 129 Å². The van der Waals surface area contributed by atoms with Gasteiger partial charge in [0.05, 0.1) is 17.6 Å². The molecule has 9 nitrogen and oxygen atoms in total. The van der Waals surface area contributed by atoms with Gasteiger partial charge in [-0.1, -0.05) is 12.1 Å². The van der Waals surface area contributed by atoms with E-state index in [1.165, 1.54) is 43.5 Å². The summed E-state index contributed by atoms with van der Waals surface area (Å²) in [4.78, 5) is 33.8. The molecule has 3 aromatic rings. The minimum absolute atomic E-state index is 0.0826. The summed E-state index contributed by atoms with van der Waals surface area (Å²) in [6, 6.07) is 13.7. The number of aliphatic carboxylic acids is 1. The van der Waals surface area contributed by atoms with Gasteiger partial charge in [0.2, 0.25) is 0 Å². The number of carbonyl (C=O) groups is 2. The van der Waals surface area contributed by atoms with Crippen molar-refractivity contribution in [2.75, 3.05) is 13.7 Å². The SMILES string of the molecule is COc1cc(C(=O)/C=C/c2ccc(-c3ccccc3[N+](=O)[O-])o2)ccc1OCC(=O)O. The second-order valence-corrected chi connectivity index (χ2v) is 6.22. The van der Waals surface area contributed by atoms with Gasteiger partial charge in [0.25, 0.3) is 5.69 Å². The molecule has 0 amide bonds. The summed E-state index contributed by atoms with van der Waals surface area (Å²) in [5.74, 6) is -0.422. The number of nitrogens with zero attached hydrogens (tertiary/aromatic N) is 1. The number of carboxylic acid groups (broad SMARTS) is 1. The predicted molar refractivity (Wildman–Crippen MR) is 110 cm³/mol. The van der Waals surface area contributed by atoms with Crippen molar-refractivity contribution in [3.63, 3.8) is 0 Å². The number of carbonyl (C=O) groups excluding carboxylic acids is 1. The number of furan rings is 1. The van der Waals surface area contributed by atoms with Gasteiger partial charge < -0.3 is 19.0 Å². The molecule has 0 radical (unpaired) electrons. The van der Waals surface area contributed by atoms with Crippen LogP contribution >= 0.6 is 0 Å². The molecule has 0 aliphatic carbocycles. The fraction of sp³-hybridized carbons (Fsp3) is 0.0909. The Kier molecular flexibility index (Phi) is 6.46. The number of ketones is 1. The number of ether oxygens (including phenoxy) is 2. The number of hydrogen-bond donors (Lipinski definition) is 1. The van der Waals surface area contributed by atoms with Crippen molar-refractivity contribution in [2.45, 2.75) is 0 Å². The van der Waals surface area contributed by atoms with Gasteiger partial charge in [0, 0.05) is 11.6 Å². The summed E-state index contributed by atoms with van der Waals surface area (Å²) < 4.78 is 15.9. The average Bonchev–Trinajstić information content (AvgIpc) is 3.24. The zero-order valence-electron chi connectivity index (χ0n) is 16.3. The molecule has 1 heterocycles. The van der Waals surface area contributed by atoms with E-state index in [0.29, 0.717) is 22.6 Å². The number of rotatable bonds is 9. The Hall–Kier alpha value is -4.40. The minimum atomic E-state index is -1.14. The highest BCUT2D eigenvalue weighted by molar-refractivity contribution is 6.07. The van der Waals surface area contributed by atoms with E-state index in [0.717, 1.165) is 0 Å². The molecular formula is C22H17NO8. The number of nitro groups is 1. The maximum Gasteiger partial charge on any atom is 0.341 e. The van der Waals surface area contributed by atoms with Crippen LogP contribution in [-0.2, 0) is 4.79 Å². The third-order valence-corrected chi connectivity index (χ3v) is 4.19. The molecule has 31 heavy (non-hydrogen) atoms. The van der Waals surface area contributed by atoms with E-state index in [1.807, 2.05) is 0 Å². The van der Waals surface area contributed by atoms with Crippen LogP contribution in [0.4, 0.5) is 5.69 Å².